The van der Waals surface area contributed by atoms with Gasteiger partial charge in [0.2, 0.25) is 0 Å². The Morgan fingerprint density at radius 3 is 2.75 bits per heavy atom. The number of hydrogen-bond acceptors (Lipinski definition) is 1. The maximum absolute atomic E-state index is 5.34. The molecule has 2 rings (SSSR count). The first kappa shape index (κ1) is 4.50. The van der Waals surface area contributed by atoms with Gasteiger partial charge < -0.3 is 4.74 Å². The highest BCUT2D eigenvalue weighted by Crippen LogP contribution is 2.22. The number of ether oxygens (including phenoxy) is 1. The van der Waals surface area contributed by atoms with Gasteiger partial charge in [-0.3, -0.25) is 0 Å². The van der Waals surface area contributed by atoms with Crippen molar-refractivity contribution >= 4 is 6.72 Å². The minimum absolute atomic E-state index is 0.512. The smallest absolute Gasteiger partial charge is 0.178 e. The van der Waals surface area contributed by atoms with Crippen LogP contribution >= 0.6 is 0 Å². The van der Waals surface area contributed by atoms with Crippen LogP contribution in [-0.2, 0) is 4.74 Å². The van der Waals surface area contributed by atoms with Crippen molar-refractivity contribution in [2.75, 3.05) is 13.2 Å². The first-order valence-corrected chi connectivity index (χ1v) is 3.05. The predicted octanol–water partition coefficient (Wildman–Crippen LogP) is -0.129. The van der Waals surface area contributed by atoms with Crippen molar-refractivity contribution in [1.29, 1.82) is 0 Å². The molecule has 0 aliphatic carbocycles. The lowest BCUT2D eigenvalue weighted by molar-refractivity contribution is -0.554. The van der Waals surface area contributed by atoms with Crippen molar-refractivity contribution in [1.82, 2.24) is 0 Å². The van der Waals surface area contributed by atoms with Crippen LogP contribution in [0.25, 0.3) is 0 Å². The van der Waals surface area contributed by atoms with Gasteiger partial charge in [0.25, 0.3) is 0 Å². The summed E-state index contributed by atoms with van der Waals surface area (Å²) in [4.78, 5) is 0. The van der Waals surface area contributed by atoms with Crippen LogP contribution in [0, 0.1) is 0 Å². The SMILES string of the molecule is C=[N+]1CC2CC1CO2. The Hall–Kier alpha value is -0.370. The summed E-state index contributed by atoms with van der Waals surface area (Å²) in [5.41, 5.74) is 0. The van der Waals surface area contributed by atoms with E-state index in [1.54, 1.807) is 0 Å². The van der Waals surface area contributed by atoms with E-state index in [9.17, 15) is 0 Å². The molecule has 2 nitrogen and oxygen atoms in total. The lowest BCUT2D eigenvalue weighted by Crippen LogP contribution is -2.27. The molecule has 0 saturated carbocycles. The van der Waals surface area contributed by atoms with E-state index in [2.05, 4.69) is 11.3 Å². The highest BCUT2D eigenvalue weighted by Gasteiger charge is 2.41. The topological polar surface area (TPSA) is 12.2 Å². The van der Waals surface area contributed by atoms with Gasteiger partial charge in [-0.05, 0) is 0 Å². The van der Waals surface area contributed by atoms with E-state index in [-0.39, 0.29) is 0 Å². The molecule has 2 heterocycles. The summed E-state index contributed by atoms with van der Waals surface area (Å²) >= 11 is 0. The summed E-state index contributed by atoms with van der Waals surface area (Å²) < 4.78 is 7.47. The third kappa shape index (κ3) is 0.436. The van der Waals surface area contributed by atoms with E-state index < -0.39 is 0 Å². The molecule has 0 aromatic carbocycles. The molecule has 2 bridgehead atoms. The number of morpholine rings is 1. The maximum Gasteiger partial charge on any atom is 0.178 e. The Morgan fingerprint density at radius 1 is 1.62 bits per heavy atom. The van der Waals surface area contributed by atoms with Crippen LogP contribution in [0.1, 0.15) is 6.42 Å². The highest BCUT2D eigenvalue weighted by atomic mass is 16.5. The van der Waals surface area contributed by atoms with Crippen LogP contribution in [0.3, 0.4) is 0 Å². The average Bonchev–Trinajstić information content (AvgIpc) is 2.23. The van der Waals surface area contributed by atoms with Crippen LogP contribution in [0.15, 0.2) is 0 Å². The maximum atomic E-state index is 5.34. The normalized spacial score (nSPS) is 43.8. The van der Waals surface area contributed by atoms with Gasteiger partial charge in [0.05, 0.1) is 0 Å². The summed E-state index contributed by atoms with van der Waals surface area (Å²) in [6, 6.07) is 0.639. The van der Waals surface area contributed by atoms with Gasteiger partial charge in [-0.25, -0.2) is 4.58 Å². The highest BCUT2D eigenvalue weighted by molar-refractivity contribution is 5.16. The van der Waals surface area contributed by atoms with Gasteiger partial charge in [-0.2, -0.15) is 0 Å². The van der Waals surface area contributed by atoms with Crippen molar-refractivity contribution < 1.29 is 9.31 Å². The zero-order valence-electron chi connectivity index (χ0n) is 4.84. The van der Waals surface area contributed by atoms with Crippen molar-refractivity contribution in [3.63, 3.8) is 0 Å². The molecule has 0 N–H and O–H groups in total. The zero-order valence-corrected chi connectivity index (χ0v) is 4.84. The summed E-state index contributed by atoms with van der Waals surface area (Å²) in [6.07, 6.45) is 1.72. The Balaban J connectivity index is 2.22. The molecule has 2 saturated heterocycles. The Labute approximate surface area is 48.8 Å². The van der Waals surface area contributed by atoms with Gasteiger partial charge in [-0.15, -0.1) is 0 Å². The zero-order chi connectivity index (χ0) is 5.56. The van der Waals surface area contributed by atoms with E-state index >= 15 is 0 Å². The van der Waals surface area contributed by atoms with E-state index in [1.165, 1.54) is 6.42 Å². The first-order chi connectivity index (χ1) is 3.86. The third-order valence-electron chi connectivity index (χ3n) is 2.01. The first-order valence-electron chi connectivity index (χ1n) is 3.05. The molecule has 0 amide bonds. The van der Waals surface area contributed by atoms with Gasteiger partial charge >= 0.3 is 0 Å². The van der Waals surface area contributed by atoms with Crippen LogP contribution in [0.4, 0.5) is 0 Å². The predicted molar refractivity (Wildman–Crippen MR) is 30.4 cm³/mol. The molecule has 2 aliphatic rings. The van der Waals surface area contributed by atoms with E-state index in [1.807, 2.05) is 0 Å². The largest absolute Gasteiger partial charge is 0.364 e. The second kappa shape index (κ2) is 1.32. The third-order valence-corrected chi connectivity index (χ3v) is 2.01. The summed E-state index contributed by atoms with van der Waals surface area (Å²) in [7, 11) is 0. The number of nitrogens with zero attached hydrogens (tertiary/aromatic N) is 1. The number of hydrogen-bond donors (Lipinski definition) is 0. The molecular weight excluding hydrogens is 102 g/mol. The lowest BCUT2D eigenvalue weighted by Gasteiger charge is -2.07. The minimum atomic E-state index is 0.512. The molecule has 0 aromatic heterocycles. The fourth-order valence-corrected chi connectivity index (χ4v) is 1.48. The number of fused-ring (bicyclic) bond motifs is 2. The van der Waals surface area contributed by atoms with Gasteiger partial charge in [0.15, 0.2) is 12.6 Å². The minimum Gasteiger partial charge on any atom is -0.364 e. The molecule has 2 atom stereocenters. The van der Waals surface area contributed by atoms with E-state index in [4.69, 9.17) is 4.74 Å². The average molecular weight is 112 g/mol. The van der Waals surface area contributed by atoms with Crippen molar-refractivity contribution in [3.05, 3.63) is 0 Å². The Morgan fingerprint density at radius 2 is 2.50 bits per heavy atom. The molecule has 0 spiro atoms. The van der Waals surface area contributed by atoms with Crippen LogP contribution in [0.2, 0.25) is 0 Å². The van der Waals surface area contributed by atoms with E-state index in [0.717, 1.165) is 13.2 Å². The molecule has 0 aromatic rings. The van der Waals surface area contributed by atoms with Crippen molar-refractivity contribution in [2.24, 2.45) is 0 Å². The summed E-state index contributed by atoms with van der Waals surface area (Å²) in [5.74, 6) is 0. The molecule has 2 heteroatoms. The van der Waals surface area contributed by atoms with Crippen LogP contribution in [-0.4, -0.2) is 36.6 Å². The second-order valence-electron chi connectivity index (χ2n) is 2.62. The van der Waals surface area contributed by atoms with Crippen LogP contribution in [0.5, 0.6) is 0 Å². The van der Waals surface area contributed by atoms with Gasteiger partial charge in [-0.1, -0.05) is 0 Å². The molecule has 44 valence electrons. The van der Waals surface area contributed by atoms with Crippen LogP contribution < -0.4 is 0 Å². The van der Waals surface area contributed by atoms with Gasteiger partial charge in [0.1, 0.15) is 19.4 Å². The molecule has 2 unspecified atom stereocenters. The standard InChI is InChI=1S/C6H10NO/c1-7-3-6-2-5(7)4-8-6/h5-6H,1-4H2/q+1. The quantitative estimate of drug-likeness (QED) is 0.398. The monoisotopic (exact) mass is 112 g/mol. The molecular formula is C6H10NO+. The summed E-state index contributed by atoms with van der Waals surface area (Å²) in [6.45, 7) is 5.83. The van der Waals surface area contributed by atoms with Crippen molar-refractivity contribution in [2.45, 2.75) is 18.6 Å². The van der Waals surface area contributed by atoms with E-state index in [0.29, 0.717) is 12.1 Å². The van der Waals surface area contributed by atoms with Gasteiger partial charge in [0, 0.05) is 6.42 Å². The fourth-order valence-electron chi connectivity index (χ4n) is 1.48. The Kier molecular flexibility index (Phi) is 0.742. The molecule has 2 aliphatic heterocycles. The molecule has 2 fully saturated rings. The second-order valence-corrected chi connectivity index (χ2v) is 2.62. The summed E-state index contributed by atoms with van der Waals surface area (Å²) in [5, 5.41) is 0. The fraction of sp³-hybridized carbons (Fsp3) is 0.833. The molecule has 8 heavy (non-hydrogen) atoms. The Bertz CT molecular complexity index is 132. The lowest BCUT2D eigenvalue weighted by atomic mass is 10.3. The molecule has 0 radical (unpaired) electrons. The van der Waals surface area contributed by atoms with Crippen molar-refractivity contribution in [3.8, 4) is 0 Å². The number of rotatable bonds is 0.